The highest BCUT2D eigenvalue weighted by atomic mass is 19.1. The second-order valence-electron chi connectivity index (χ2n) is 4.04. The van der Waals surface area contributed by atoms with Gasteiger partial charge in [0, 0.05) is 12.1 Å². The average Bonchev–Trinajstić information content (AvgIpc) is 2.27. The largest absolute Gasteiger partial charge is 0.394 e. The highest BCUT2D eigenvalue weighted by molar-refractivity contribution is 5.63. The molecule has 100 valence electrons. The van der Waals surface area contributed by atoms with Crippen molar-refractivity contribution in [3.63, 3.8) is 0 Å². The first kappa shape index (κ1) is 14.3. The summed E-state index contributed by atoms with van der Waals surface area (Å²) in [6, 6.07) is 1.11. The quantitative estimate of drug-likeness (QED) is 0.544. The number of benzene rings is 1. The molecule has 0 aliphatic heterocycles. The molecule has 0 atom stereocenters. The van der Waals surface area contributed by atoms with E-state index in [0.717, 1.165) is 6.07 Å². The van der Waals surface area contributed by atoms with Gasteiger partial charge in [-0.25, -0.2) is 4.39 Å². The Balaban J connectivity index is 3.27. The van der Waals surface area contributed by atoms with Crippen LogP contribution in [-0.2, 0) is 0 Å². The molecule has 1 rings (SSSR count). The Kier molecular flexibility index (Phi) is 4.15. The molecule has 0 heterocycles. The number of aliphatic hydroxyl groups is 2. The molecule has 18 heavy (non-hydrogen) atoms. The summed E-state index contributed by atoms with van der Waals surface area (Å²) in [6.07, 6.45) is 0. The fourth-order valence-corrected chi connectivity index (χ4v) is 1.30. The molecule has 0 aromatic heterocycles. The van der Waals surface area contributed by atoms with Crippen LogP contribution in [0.2, 0.25) is 0 Å². The lowest BCUT2D eigenvalue weighted by atomic mass is 10.0. The van der Waals surface area contributed by atoms with Gasteiger partial charge in [-0.2, -0.15) is 4.39 Å². The van der Waals surface area contributed by atoms with Crippen molar-refractivity contribution in [3.05, 3.63) is 33.9 Å². The lowest BCUT2D eigenvalue weighted by molar-refractivity contribution is -0.386. The van der Waals surface area contributed by atoms with Crippen LogP contribution in [0, 0.1) is 21.7 Å². The van der Waals surface area contributed by atoms with E-state index in [2.05, 4.69) is 5.32 Å². The van der Waals surface area contributed by atoms with E-state index in [1.54, 1.807) is 0 Å². The predicted octanol–water partition coefficient (Wildman–Crippen LogP) is 1.03. The molecule has 0 saturated carbocycles. The minimum absolute atomic E-state index is 0.387. The molecule has 0 fully saturated rings. The van der Waals surface area contributed by atoms with Crippen molar-refractivity contribution in [3.8, 4) is 0 Å². The number of hydrogen-bond donors (Lipinski definition) is 3. The molecule has 0 unspecified atom stereocenters. The number of rotatable bonds is 5. The molecule has 0 amide bonds. The Morgan fingerprint density at radius 3 is 2.39 bits per heavy atom. The van der Waals surface area contributed by atoms with Crippen LogP contribution in [0.5, 0.6) is 0 Å². The van der Waals surface area contributed by atoms with E-state index in [-0.39, 0.29) is 0 Å². The maximum atomic E-state index is 13.3. The monoisotopic (exact) mass is 262 g/mol. The van der Waals surface area contributed by atoms with Gasteiger partial charge in [0.05, 0.1) is 23.7 Å². The van der Waals surface area contributed by atoms with Crippen molar-refractivity contribution in [2.45, 2.75) is 12.5 Å². The number of halogens is 2. The van der Waals surface area contributed by atoms with E-state index in [1.165, 1.54) is 6.92 Å². The van der Waals surface area contributed by atoms with Crippen LogP contribution < -0.4 is 5.32 Å². The molecule has 0 radical (unpaired) electrons. The summed E-state index contributed by atoms with van der Waals surface area (Å²) in [4.78, 5) is 9.69. The number of nitrogens with one attached hydrogen (secondary N) is 1. The Labute approximate surface area is 101 Å². The first-order valence-electron chi connectivity index (χ1n) is 4.96. The van der Waals surface area contributed by atoms with Gasteiger partial charge in [0.15, 0.2) is 0 Å². The normalized spacial score (nSPS) is 11.4. The van der Waals surface area contributed by atoms with Crippen LogP contribution in [-0.4, -0.2) is 33.9 Å². The van der Waals surface area contributed by atoms with Gasteiger partial charge in [-0.3, -0.25) is 10.1 Å². The average molecular weight is 262 g/mol. The maximum absolute atomic E-state index is 13.3. The van der Waals surface area contributed by atoms with E-state index in [9.17, 15) is 18.9 Å². The van der Waals surface area contributed by atoms with Crippen molar-refractivity contribution in [1.29, 1.82) is 0 Å². The fourth-order valence-electron chi connectivity index (χ4n) is 1.30. The van der Waals surface area contributed by atoms with E-state index in [1.807, 2.05) is 0 Å². The van der Waals surface area contributed by atoms with E-state index < -0.39 is 46.7 Å². The lowest BCUT2D eigenvalue weighted by Crippen LogP contribution is -2.42. The summed E-state index contributed by atoms with van der Waals surface area (Å²) < 4.78 is 26.3. The first-order chi connectivity index (χ1) is 8.33. The third-order valence-corrected chi connectivity index (χ3v) is 2.35. The summed E-state index contributed by atoms with van der Waals surface area (Å²) >= 11 is 0. The Bertz CT molecular complexity index is 463. The summed E-state index contributed by atoms with van der Waals surface area (Å²) in [5, 5.41) is 31.1. The van der Waals surface area contributed by atoms with Gasteiger partial charge in [-0.05, 0) is 6.92 Å². The van der Waals surface area contributed by atoms with Crippen LogP contribution in [0.4, 0.5) is 20.2 Å². The maximum Gasteiger partial charge on any atom is 0.327 e. The van der Waals surface area contributed by atoms with Gasteiger partial charge in [0.25, 0.3) is 0 Å². The molecule has 0 saturated heterocycles. The summed E-state index contributed by atoms with van der Waals surface area (Å²) in [5.74, 6) is -2.33. The molecule has 8 heteroatoms. The smallest absolute Gasteiger partial charge is 0.327 e. The number of aliphatic hydroxyl groups excluding tert-OH is 2. The molecule has 3 N–H and O–H groups in total. The van der Waals surface area contributed by atoms with Gasteiger partial charge in [0.2, 0.25) is 5.82 Å². The molecular weight excluding hydrogens is 250 g/mol. The van der Waals surface area contributed by atoms with Crippen LogP contribution >= 0.6 is 0 Å². The van der Waals surface area contributed by atoms with Gasteiger partial charge in [-0.15, -0.1) is 0 Å². The van der Waals surface area contributed by atoms with Gasteiger partial charge in [0.1, 0.15) is 11.5 Å². The van der Waals surface area contributed by atoms with Gasteiger partial charge in [-0.1, -0.05) is 0 Å². The standard InChI is InChI=1S/C10H12F2N2O4/c1-10(4-15,5-16)13-8-3-6(11)2-7(12)9(8)14(17)18/h2-3,13,15-16H,4-5H2,1H3. The van der Waals surface area contributed by atoms with Crippen molar-refractivity contribution < 1.29 is 23.9 Å². The molecule has 0 aliphatic rings. The molecular formula is C10H12F2N2O4. The van der Waals surface area contributed by atoms with Crippen LogP contribution in [0.15, 0.2) is 12.1 Å². The zero-order chi connectivity index (χ0) is 13.9. The minimum Gasteiger partial charge on any atom is -0.394 e. The predicted molar refractivity (Wildman–Crippen MR) is 59.2 cm³/mol. The number of nitrogens with zero attached hydrogens (tertiary/aromatic N) is 1. The van der Waals surface area contributed by atoms with Crippen molar-refractivity contribution in [2.75, 3.05) is 18.5 Å². The van der Waals surface area contributed by atoms with Gasteiger partial charge >= 0.3 is 5.69 Å². The topological polar surface area (TPSA) is 95.6 Å². The van der Waals surface area contributed by atoms with Crippen molar-refractivity contribution in [2.24, 2.45) is 0 Å². The Hall–Kier alpha value is -1.80. The zero-order valence-electron chi connectivity index (χ0n) is 9.48. The van der Waals surface area contributed by atoms with Crippen molar-refractivity contribution >= 4 is 11.4 Å². The highest BCUT2D eigenvalue weighted by Gasteiger charge is 2.29. The van der Waals surface area contributed by atoms with Crippen molar-refractivity contribution in [1.82, 2.24) is 0 Å². The Morgan fingerprint density at radius 2 is 1.94 bits per heavy atom. The number of hydrogen-bond acceptors (Lipinski definition) is 5. The molecule has 1 aromatic carbocycles. The molecule has 0 spiro atoms. The summed E-state index contributed by atoms with van der Waals surface area (Å²) in [6.45, 7) is 0.205. The molecule has 0 bridgehead atoms. The molecule has 0 aliphatic carbocycles. The van der Waals surface area contributed by atoms with Crippen LogP contribution in [0.3, 0.4) is 0 Å². The lowest BCUT2D eigenvalue weighted by Gasteiger charge is -2.27. The number of nitro groups is 1. The van der Waals surface area contributed by atoms with E-state index in [0.29, 0.717) is 6.07 Å². The van der Waals surface area contributed by atoms with Crippen LogP contribution in [0.25, 0.3) is 0 Å². The zero-order valence-corrected chi connectivity index (χ0v) is 9.48. The molecule has 6 nitrogen and oxygen atoms in total. The van der Waals surface area contributed by atoms with Gasteiger partial charge < -0.3 is 15.5 Å². The van der Waals surface area contributed by atoms with E-state index >= 15 is 0 Å². The fraction of sp³-hybridized carbons (Fsp3) is 0.400. The van der Waals surface area contributed by atoms with Crippen LogP contribution in [0.1, 0.15) is 6.92 Å². The Morgan fingerprint density at radius 1 is 1.39 bits per heavy atom. The SMILES string of the molecule is CC(CO)(CO)Nc1cc(F)cc(F)c1[N+](=O)[O-]. The number of nitro benzene ring substituents is 1. The third kappa shape index (κ3) is 2.90. The summed E-state index contributed by atoms with van der Waals surface area (Å²) in [7, 11) is 0. The number of anilines is 1. The van der Waals surface area contributed by atoms with E-state index in [4.69, 9.17) is 10.2 Å². The second kappa shape index (κ2) is 5.23. The minimum atomic E-state index is -1.33. The first-order valence-corrected chi connectivity index (χ1v) is 4.96. The molecule has 1 aromatic rings. The highest BCUT2D eigenvalue weighted by Crippen LogP contribution is 2.30. The summed E-state index contributed by atoms with van der Waals surface area (Å²) in [5.41, 5.74) is -2.71. The third-order valence-electron chi connectivity index (χ3n) is 2.35. The second-order valence-corrected chi connectivity index (χ2v) is 4.04.